The van der Waals surface area contributed by atoms with E-state index in [-0.39, 0.29) is 5.91 Å². The second-order valence-electron chi connectivity index (χ2n) is 5.18. The van der Waals surface area contributed by atoms with E-state index in [1.165, 1.54) is 5.57 Å². The Morgan fingerprint density at radius 3 is 2.63 bits per heavy atom. The number of allylic oxidation sites excluding steroid dienone is 4. The summed E-state index contributed by atoms with van der Waals surface area (Å²) < 4.78 is 0. The van der Waals surface area contributed by atoms with E-state index in [1.54, 1.807) is 0 Å². The van der Waals surface area contributed by atoms with Gasteiger partial charge in [0.1, 0.15) is 0 Å². The highest BCUT2D eigenvalue weighted by molar-refractivity contribution is 5.84. The van der Waals surface area contributed by atoms with Crippen molar-refractivity contribution in [2.75, 3.05) is 0 Å². The zero-order chi connectivity index (χ0) is 14.4. The van der Waals surface area contributed by atoms with Gasteiger partial charge in [0.25, 0.3) is 0 Å². The van der Waals surface area contributed by atoms with Crippen molar-refractivity contribution in [1.29, 1.82) is 0 Å². The number of nitrogens with one attached hydrogen (secondary N) is 1. The Labute approximate surface area is 113 Å². The van der Waals surface area contributed by atoms with E-state index in [2.05, 4.69) is 17.6 Å². The smallest absolute Gasteiger partial charge is 0.307 e. The Hall–Kier alpha value is -1.62. The number of carboxylic acid groups (broad SMARTS) is 1. The summed E-state index contributed by atoms with van der Waals surface area (Å²) in [7, 11) is 0. The number of amides is 1. The van der Waals surface area contributed by atoms with Crippen LogP contribution >= 0.6 is 0 Å². The molecule has 0 bridgehead atoms. The van der Waals surface area contributed by atoms with Crippen LogP contribution in [0.2, 0.25) is 0 Å². The first-order valence-electron chi connectivity index (χ1n) is 6.50. The van der Waals surface area contributed by atoms with Gasteiger partial charge in [-0.3, -0.25) is 15.0 Å². The zero-order valence-corrected chi connectivity index (χ0v) is 11.5. The van der Waals surface area contributed by atoms with Crippen molar-refractivity contribution in [2.45, 2.75) is 39.5 Å². The van der Waals surface area contributed by atoms with Gasteiger partial charge in [-0.1, -0.05) is 23.3 Å². The summed E-state index contributed by atoms with van der Waals surface area (Å²) >= 11 is 0. The molecule has 1 amide bonds. The minimum absolute atomic E-state index is 0.379. The lowest BCUT2D eigenvalue weighted by molar-refractivity contribution is -0.148. The van der Waals surface area contributed by atoms with Gasteiger partial charge in [0.2, 0.25) is 5.91 Å². The number of aliphatic carboxylic acids is 1. The van der Waals surface area contributed by atoms with E-state index in [1.807, 2.05) is 13.8 Å². The first kappa shape index (κ1) is 15.4. The van der Waals surface area contributed by atoms with Gasteiger partial charge in [0.15, 0.2) is 0 Å². The second kappa shape index (κ2) is 7.09. The van der Waals surface area contributed by atoms with Crippen LogP contribution in [0.5, 0.6) is 0 Å². The average molecular weight is 266 g/mol. The van der Waals surface area contributed by atoms with E-state index in [4.69, 9.17) is 5.84 Å². The third-order valence-corrected chi connectivity index (χ3v) is 3.47. The molecule has 4 N–H and O–H groups in total. The molecule has 0 aliphatic heterocycles. The molecule has 1 rings (SSSR count). The first-order chi connectivity index (χ1) is 8.95. The maximum atomic E-state index is 11.6. The molecule has 1 aliphatic rings. The maximum Gasteiger partial charge on any atom is 0.307 e. The third kappa shape index (κ3) is 4.52. The molecule has 0 aromatic carbocycles. The van der Waals surface area contributed by atoms with Crippen LogP contribution in [0.1, 0.15) is 39.5 Å². The van der Waals surface area contributed by atoms with E-state index in [0.717, 1.165) is 18.4 Å². The highest BCUT2D eigenvalue weighted by Crippen LogP contribution is 2.34. The van der Waals surface area contributed by atoms with Gasteiger partial charge in [0, 0.05) is 0 Å². The van der Waals surface area contributed by atoms with Gasteiger partial charge in [-0.25, -0.2) is 5.84 Å². The van der Waals surface area contributed by atoms with Crippen LogP contribution in [0.3, 0.4) is 0 Å². The number of carboxylic acids is 1. The lowest BCUT2D eigenvalue weighted by Gasteiger charge is -2.28. The number of hydrazine groups is 1. The predicted octanol–water partition coefficient (Wildman–Crippen LogP) is 1.76. The Balaban J connectivity index is 2.73. The van der Waals surface area contributed by atoms with Crippen LogP contribution in [-0.4, -0.2) is 17.0 Å². The van der Waals surface area contributed by atoms with Crippen LogP contribution in [-0.2, 0) is 9.59 Å². The molecule has 19 heavy (non-hydrogen) atoms. The molecule has 0 aromatic rings. The van der Waals surface area contributed by atoms with E-state index in [9.17, 15) is 14.7 Å². The summed E-state index contributed by atoms with van der Waals surface area (Å²) in [5.74, 6) is 2.59. The van der Waals surface area contributed by atoms with Gasteiger partial charge in [-0.2, -0.15) is 0 Å². The number of hydrogen-bond donors (Lipinski definition) is 3. The highest BCUT2D eigenvalue weighted by Gasteiger charge is 2.36. The molecule has 0 aromatic heterocycles. The molecule has 5 nitrogen and oxygen atoms in total. The minimum Gasteiger partial charge on any atom is -0.481 e. The fourth-order valence-corrected chi connectivity index (χ4v) is 2.40. The average Bonchev–Trinajstić information content (AvgIpc) is 2.37. The van der Waals surface area contributed by atoms with Crippen LogP contribution < -0.4 is 11.3 Å². The van der Waals surface area contributed by atoms with Crippen LogP contribution in [0.15, 0.2) is 23.3 Å². The number of carbonyl (C=O) groups excluding carboxylic acids is 1. The summed E-state index contributed by atoms with van der Waals surface area (Å²) in [6.45, 7) is 4.06. The summed E-state index contributed by atoms with van der Waals surface area (Å²) in [5.41, 5.74) is 4.42. The zero-order valence-electron chi connectivity index (χ0n) is 11.5. The second-order valence-corrected chi connectivity index (χ2v) is 5.18. The number of nitrogens with two attached hydrogens (primary N) is 1. The van der Waals surface area contributed by atoms with Gasteiger partial charge >= 0.3 is 5.97 Å². The van der Waals surface area contributed by atoms with Crippen LogP contribution in [0.25, 0.3) is 0 Å². The van der Waals surface area contributed by atoms with Gasteiger partial charge in [0.05, 0.1) is 11.8 Å². The van der Waals surface area contributed by atoms with E-state index in [0.29, 0.717) is 12.8 Å². The molecule has 0 radical (unpaired) electrons. The van der Waals surface area contributed by atoms with Crippen molar-refractivity contribution in [2.24, 2.45) is 17.7 Å². The predicted molar refractivity (Wildman–Crippen MR) is 72.9 cm³/mol. The van der Waals surface area contributed by atoms with Crippen molar-refractivity contribution in [1.82, 2.24) is 5.43 Å². The van der Waals surface area contributed by atoms with E-state index >= 15 is 0 Å². The van der Waals surface area contributed by atoms with Gasteiger partial charge < -0.3 is 5.11 Å². The highest BCUT2D eigenvalue weighted by atomic mass is 16.4. The van der Waals surface area contributed by atoms with Gasteiger partial charge in [-0.05, 0) is 39.5 Å². The first-order valence-corrected chi connectivity index (χ1v) is 6.50. The Morgan fingerprint density at radius 1 is 1.42 bits per heavy atom. The maximum absolute atomic E-state index is 11.6. The molecule has 5 heteroatoms. The molecule has 0 heterocycles. The Kier molecular flexibility index (Phi) is 5.76. The van der Waals surface area contributed by atoms with Crippen molar-refractivity contribution < 1.29 is 14.7 Å². The molecule has 0 saturated heterocycles. The molecule has 0 spiro atoms. The number of hydrogen-bond acceptors (Lipinski definition) is 3. The summed E-state index contributed by atoms with van der Waals surface area (Å²) in [4.78, 5) is 22.8. The fourth-order valence-electron chi connectivity index (χ4n) is 2.40. The van der Waals surface area contributed by atoms with Crippen molar-refractivity contribution in [3.8, 4) is 0 Å². The lowest BCUT2D eigenvalue weighted by Crippen LogP contribution is -2.42. The Morgan fingerprint density at radius 2 is 2.11 bits per heavy atom. The summed E-state index contributed by atoms with van der Waals surface area (Å²) in [5, 5.41) is 9.22. The fraction of sp³-hybridized carbons (Fsp3) is 0.571. The number of carbonyl (C=O) groups is 2. The normalized spacial score (nSPS) is 24.9. The molecule has 1 aliphatic carbocycles. The minimum atomic E-state index is -0.929. The van der Waals surface area contributed by atoms with Crippen LogP contribution in [0, 0.1) is 11.8 Å². The topological polar surface area (TPSA) is 92.4 Å². The molecule has 2 unspecified atom stereocenters. The molecule has 2 atom stereocenters. The molecule has 106 valence electrons. The quantitative estimate of drug-likeness (QED) is 0.313. The largest absolute Gasteiger partial charge is 0.481 e. The lowest BCUT2D eigenvalue weighted by atomic mass is 9.76. The van der Waals surface area contributed by atoms with Crippen molar-refractivity contribution >= 4 is 11.9 Å². The third-order valence-electron chi connectivity index (χ3n) is 3.47. The van der Waals surface area contributed by atoms with Gasteiger partial charge in [-0.15, -0.1) is 0 Å². The summed E-state index contributed by atoms with van der Waals surface area (Å²) in [6.07, 6.45) is 6.72. The molecular weight excluding hydrogens is 244 g/mol. The molecule has 1 saturated carbocycles. The van der Waals surface area contributed by atoms with Crippen molar-refractivity contribution in [3.63, 3.8) is 0 Å². The van der Waals surface area contributed by atoms with E-state index < -0.39 is 17.8 Å². The van der Waals surface area contributed by atoms with Crippen molar-refractivity contribution in [3.05, 3.63) is 23.3 Å². The standard InChI is InChI=1S/C14H22N2O3/c1-9(2)4-3-5-10-6-7-11(13(17)16-15)12(8-10)14(18)19/h4-5,11-12H,3,6-8,15H2,1-2H3,(H,16,17)(H,18,19). The molecular formula is C14H22N2O3. The number of rotatable bonds is 4. The summed E-state index contributed by atoms with van der Waals surface area (Å²) in [6, 6.07) is 0. The monoisotopic (exact) mass is 266 g/mol. The Bertz CT molecular complexity index is 409. The van der Waals surface area contributed by atoms with Crippen LogP contribution in [0.4, 0.5) is 0 Å². The SMILES string of the molecule is CC(C)=CCC=C1CCC(C(=O)NN)C(C(=O)O)C1. The molecule has 1 fully saturated rings.